The zero-order chi connectivity index (χ0) is 49.2. The lowest BCUT2D eigenvalue weighted by Gasteiger charge is -2.18. The van der Waals surface area contributed by atoms with Gasteiger partial charge in [0.25, 0.3) is 0 Å². The number of carbonyl (C=O) groups is 2. The molecule has 0 saturated heterocycles. The second-order valence-electron chi connectivity index (χ2n) is 19.5. The van der Waals surface area contributed by atoms with Crippen LogP contribution in [-0.4, -0.2) is 37.9 Å². The van der Waals surface area contributed by atoms with Crippen LogP contribution in [0.15, 0.2) is 72.9 Å². The third kappa shape index (κ3) is 55.9. The van der Waals surface area contributed by atoms with Crippen LogP contribution >= 0.6 is 0 Å². The van der Waals surface area contributed by atoms with Gasteiger partial charge in [0.2, 0.25) is 0 Å². The van der Waals surface area contributed by atoms with Gasteiger partial charge >= 0.3 is 11.9 Å². The van der Waals surface area contributed by atoms with Gasteiger partial charge in [0.1, 0.15) is 6.61 Å². The maximum atomic E-state index is 12.9. The maximum Gasteiger partial charge on any atom is 0.306 e. The molecule has 0 aromatic heterocycles. The number of allylic oxidation sites excluding steroid dienone is 12. The van der Waals surface area contributed by atoms with E-state index in [0.29, 0.717) is 19.4 Å². The minimum atomic E-state index is -0.552. The predicted octanol–water partition coefficient (Wildman–Crippen LogP) is 20.2. The number of rotatable bonds is 54. The molecule has 0 radical (unpaired) electrons. The molecule has 5 nitrogen and oxygen atoms in total. The van der Waals surface area contributed by atoms with Gasteiger partial charge in [-0.3, -0.25) is 9.59 Å². The average Bonchev–Trinajstić information content (AvgIpc) is 3.34. The van der Waals surface area contributed by atoms with E-state index >= 15 is 0 Å². The van der Waals surface area contributed by atoms with Crippen LogP contribution in [0, 0.1) is 0 Å². The molecule has 1 atom stereocenters. The molecular weight excluding hydrogens is 837 g/mol. The Hall–Kier alpha value is -2.66. The van der Waals surface area contributed by atoms with E-state index in [2.05, 4.69) is 93.7 Å². The third-order valence-corrected chi connectivity index (χ3v) is 12.7. The van der Waals surface area contributed by atoms with Crippen molar-refractivity contribution < 1.29 is 23.8 Å². The van der Waals surface area contributed by atoms with Crippen molar-refractivity contribution in [2.75, 3.05) is 19.8 Å². The zero-order valence-electron chi connectivity index (χ0n) is 45.4. The molecule has 1 unspecified atom stereocenters. The second kappa shape index (κ2) is 58.7. The van der Waals surface area contributed by atoms with Crippen LogP contribution in [-0.2, 0) is 23.8 Å². The third-order valence-electron chi connectivity index (χ3n) is 12.7. The molecule has 0 saturated carbocycles. The van der Waals surface area contributed by atoms with E-state index in [0.717, 1.165) is 77.0 Å². The fraction of sp³-hybridized carbons (Fsp3) is 0.778. The molecule has 0 spiro atoms. The molecule has 0 aliphatic rings. The van der Waals surface area contributed by atoms with Crippen LogP contribution < -0.4 is 0 Å². The van der Waals surface area contributed by atoms with E-state index in [9.17, 15) is 9.59 Å². The van der Waals surface area contributed by atoms with E-state index in [1.165, 1.54) is 180 Å². The number of hydrogen-bond donors (Lipinski definition) is 0. The highest BCUT2D eigenvalue weighted by Gasteiger charge is 2.17. The van der Waals surface area contributed by atoms with Crippen molar-refractivity contribution >= 4 is 11.9 Å². The fourth-order valence-corrected chi connectivity index (χ4v) is 8.32. The first kappa shape index (κ1) is 65.3. The van der Waals surface area contributed by atoms with Gasteiger partial charge < -0.3 is 14.2 Å². The Labute approximate surface area is 423 Å². The monoisotopic (exact) mass is 949 g/mol. The van der Waals surface area contributed by atoms with Crippen LogP contribution in [0.3, 0.4) is 0 Å². The summed E-state index contributed by atoms with van der Waals surface area (Å²) in [7, 11) is 0. The standard InChI is InChI=1S/C63H112O5/c1-4-7-10-13-16-19-22-25-28-30-32-33-36-38-41-44-47-50-53-56-62(64)67-60-61(68-63(65)57-54-51-48-45-42-39-35-27-24-21-18-15-12-9-6-3)59-66-58-55-52-49-46-43-40-37-34-31-29-26-23-20-17-14-11-8-5-2/h9,12,17-18,20-21,25-29,35,61H,4-8,10-11,13-16,19,22-24,30-34,36-60H2,1-3H3/b12-9-,20-17-,21-18-,28-25-,29-26-,35-27-. The van der Waals surface area contributed by atoms with Gasteiger partial charge in [0.05, 0.1) is 6.61 Å². The highest BCUT2D eigenvalue weighted by molar-refractivity contribution is 5.70. The molecule has 0 aliphatic heterocycles. The topological polar surface area (TPSA) is 61.8 Å². The summed E-state index contributed by atoms with van der Waals surface area (Å²) in [4.78, 5) is 25.5. The molecule has 68 heavy (non-hydrogen) atoms. The van der Waals surface area contributed by atoms with Gasteiger partial charge in [0.15, 0.2) is 6.10 Å². The average molecular weight is 950 g/mol. The molecule has 0 fully saturated rings. The fourth-order valence-electron chi connectivity index (χ4n) is 8.32. The lowest BCUT2D eigenvalue weighted by molar-refractivity contribution is -0.163. The number of ether oxygens (including phenoxy) is 3. The molecular formula is C63H112O5. The van der Waals surface area contributed by atoms with E-state index < -0.39 is 6.10 Å². The van der Waals surface area contributed by atoms with Crippen molar-refractivity contribution in [2.24, 2.45) is 0 Å². The Kier molecular flexibility index (Phi) is 56.4. The van der Waals surface area contributed by atoms with E-state index in [-0.39, 0.29) is 25.2 Å². The Bertz CT molecular complexity index is 1210. The van der Waals surface area contributed by atoms with Gasteiger partial charge in [-0.2, -0.15) is 0 Å². The smallest absolute Gasteiger partial charge is 0.306 e. The molecule has 0 amide bonds. The summed E-state index contributed by atoms with van der Waals surface area (Å²) >= 11 is 0. The highest BCUT2D eigenvalue weighted by atomic mass is 16.6. The Balaban J connectivity index is 4.28. The van der Waals surface area contributed by atoms with Gasteiger partial charge in [-0.1, -0.05) is 241 Å². The van der Waals surface area contributed by atoms with Gasteiger partial charge in [-0.15, -0.1) is 0 Å². The van der Waals surface area contributed by atoms with Gasteiger partial charge in [0, 0.05) is 19.4 Å². The van der Waals surface area contributed by atoms with Crippen LogP contribution in [0.1, 0.15) is 290 Å². The lowest BCUT2D eigenvalue weighted by Crippen LogP contribution is -2.30. The van der Waals surface area contributed by atoms with E-state index in [1.807, 2.05) is 0 Å². The Morgan fingerprint density at radius 2 is 0.662 bits per heavy atom. The quantitative estimate of drug-likeness (QED) is 0.0345. The summed E-state index contributed by atoms with van der Waals surface area (Å²) in [5.74, 6) is -0.414. The number of hydrogen-bond acceptors (Lipinski definition) is 5. The molecule has 394 valence electrons. The van der Waals surface area contributed by atoms with Crippen molar-refractivity contribution in [1.29, 1.82) is 0 Å². The maximum absolute atomic E-state index is 12.9. The number of unbranched alkanes of at least 4 members (excludes halogenated alkanes) is 31. The van der Waals surface area contributed by atoms with Crippen LogP contribution in [0.5, 0.6) is 0 Å². The molecule has 0 N–H and O–H groups in total. The Morgan fingerprint density at radius 3 is 1.10 bits per heavy atom. The molecule has 0 aromatic carbocycles. The van der Waals surface area contributed by atoms with Gasteiger partial charge in [-0.25, -0.2) is 0 Å². The molecule has 5 heteroatoms. The molecule has 0 bridgehead atoms. The first-order chi connectivity index (χ1) is 33.6. The van der Waals surface area contributed by atoms with Crippen molar-refractivity contribution in [1.82, 2.24) is 0 Å². The van der Waals surface area contributed by atoms with Crippen molar-refractivity contribution in [3.05, 3.63) is 72.9 Å². The SMILES string of the molecule is CC/C=C\C/C=C\C/C=C\CCCCCCCC(=O)OC(COCCCCCCCCCC/C=C\C/C=C\CCCCC)COC(=O)CCCCCCCCCCC/C=C\CCCCCCCC. The normalized spacial score (nSPS) is 12.7. The minimum Gasteiger partial charge on any atom is -0.462 e. The zero-order valence-corrected chi connectivity index (χ0v) is 45.4. The minimum absolute atomic E-state index is 0.0741. The highest BCUT2D eigenvalue weighted by Crippen LogP contribution is 2.15. The first-order valence-corrected chi connectivity index (χ1v) is 29.5. The molecule has 0 aromatic rings. The van der Waals surface area contributed by atoms with Gasteiger partial charge in [-0.05, 0) is 109 Å². The summed E-state index contributed by atoms with van der Waals surface area (Å²) in [6.45, 7) is 7.69. The summed E-state index contributed by atoms with van der Waals surface area (Å²) in [5.41, 5.74) is 0. The first-order valence-electron chi connectivity index (χ1n) is 29.5. The summed E-state index contributed by atoms with van der Waals surface area (Å²) < 4.78 is 17.5. The summed E-state index contributed by atoms with van der Waals surface area (Å²) in [6, 6.07) is 0. The largest absolute Gasteiger partial charge is 0.462 e. The number of esters is 2. The Morgan fingerprint density at radius 1 is 0.338 bits per heavy atom. The molecule has 0 rings (SSSR count). The molecule has 0 heterocycles. The van der Waals surface area contributed by atoms with E-state index in [1.54, 1.807) is 0 Å². The van der Waals surface area contributed by atoms with Crippen molar-refractivity contribution in [3.63, 3.8) is 0 Å². The van der Waals surface area contributed by atoms with Crippen molar-refractivity contribution in [2.45, 2.75) is 297 Å². The van der Waals surface area contributed by atoms with Crippen LogP contribution in [0.25, 0.3) is 0 Å². The summed E-state index contributed by atoms with van der Waals surface area (Å²) in [5, 5.41) is 0. The summed E-state index contributed by atoms with van der Waals surface area (Å²) in [6.07, 6.45) is 76.4. The number of carbonyl (C=O) groups excluding carboxylic acids is 2. The lowest BCUT2D eigenvalue weighted by atomic mass is 10.1. The predicted molar refractivity (Wildman–Crippen MR) is 297 cm³/mol. The molecule has 0 aliphatic carbocycles. The van der Waals surface area contributed by atoms with E-state index in [4.69, 9.17) is 14.2 Å². The van der Waals surface area contributed by atoms with Crippen LogP contribution in [0.2, 0.25) is 0 Å². The van der Waals surface area contributed by atoms with Crippen LogP contribution in [0.4, 0.5) is 0 Å². The second-order valence-corrected chi connectivity index (χ2v) is 19.5. The van der Waals surface area contributed by atoms with Crippen molar-refractivity contribution in [3.8, 4) is 0 Å².